The number of nitrogens with zero attached hydrogens (tertiary/aromatic N) is 3. The van der Waals surface area contributed by atoms with Crippen LogP contribution < -0.4 is 4.74 Å². The number of hydrogen-bond donors (Lipinski definition) is 0. The Balaban J connectivity index is 1.70. The highest BCUT2D eigenvalue weighted by Crippen LogP contribution is 2.24. The smallest absolute Gasteiger partial charge is 0.223 e. The van der Waals surface area contributed by atoms with E-state index in [1.165, 1.54) is 0 Å². The molecule has 0 radical (unpaired) electrons. The molecule has 0 aliphatic carbocycles. The van der Waals surface area contributed by atoms with E-state index in [1.807, 2.05) is 18.2 Å². The van der Waals surface area contributed by atoms with Crippen molar-refractivity contribution < 1.29 is 14.3 Å². The normalized spacial score (nSPS) is 17.5. The second-order valence-electron chi connectivity index (χ2n) is 5.33. The van der Waals surface area contributed by atoms with Crippen LogP contribution in [-0.4, -0.2) is 46.4 Å². The number of amides is 1. The maximum atomic E-state index is 12.0. The Bertz CT molecular complexity index is 684. The second kappa shape index (κ2) is 8.08. The van der Waals surface area contributed by atoms with Gasteiger partial charge in [-0.3, -0.25) is 9.78 Å². The van der Waals surface area contributed by atoms with E-state index in [1.54, 1.807) is 29.4 Å². The van der Waals surface area contributed by atoms with Crippen molar-refractivity contribution in [3.63, 3.8) is 0 Å². The van der Waals surface area contributed by atoms with Gasteiger partial charge in [-0.15, -0.1) is 11.6 Å². The van der Waals surface area contributed by atoms with Crippen molar-refractivity contribution in [3.05, 3.63) is 48.4 Å². The molecule has 3 rings (SSSR count). The van der Waals surface area contributed by atoms with E-state index in [-0.39, 0.29) is 12.0 Å². The Kier molecular flexibility index (Phi) is 5.61. The Morgan fingerprint density at radius 3 is 3.08 bits per heavy atom. The summed E-state index contributed by atoms with van der Waals surface area (Å²) in [5.74, 6) is 1.45. The maximum Gasteiger partial charge on any atom is 0.223 e. The van der Waals surface area contributed by atoms with Crippen LogP contribution in [0.15, 0.2) is 42.7 Å². The van der Waals surface area contributed by atoms with Gasteiger partial charge in [-0.1, -0.05) is 6.07 Å². The Morgan fingerprint density at radius 1 is 1.38 bits per heavy atom. The van der Waals surface area contributed by atoms with Crippen LogP contribution in [0.3, 0.4) is 0 Å². The minimum Gasteiger partial charge on any atom is -0.437 e. The molecule has 1 atom stereocenters. The SMILES string of the molecule is O=C(CCCl)N1CCOC(c2cccc(Oc3cccnc3)n2)C1. The first kappa shape index (κ1) is 16.7. The monoisotopic (exact) mass is 347 g/mol. The zero-order valence-corrected chi connectivity index (χ0v) is 13.9. The fraction of sp³-hybridized carbons (Fsp3) is 0.353. The highest BCUT2D eigenvalue weighted by Gasteiger charge is 2.26. The van der Waals surface area contributed by atoms with Crippen molar-refractivity contribution in [1.29, 1.82) is 0 Å². The van der Waals surface area contributed by atoms with Gasteiger partial charge < -0.3 is 14.4 Å². The zero-order valence-electron chi connectivity index (χ0n) is 13.1. The summed E-state index contributed by atoms with van der Waals surface area (Å²) in [6.45, 7) is 1.53. The molecule has 1 unspecified atom stereocenters. The largest absolute Gasteiger partial charge is 0.437 e. The first-order valence-corrected chi connectivity index (χ1v) is 8.30. The zero-order chi connectivity index (χ0) is 16.8. The van der Waals surface area contributed by atoms with E-state index >= 15 is 0 Å². The van der Waals surface area contributed by atoms with E-state index in [9.17, 15) is 4.79 Å². The molecular formula is C17H18ClN3O3. The molecule has 1 fully saturated rings. The molecular weight excluding hydrogens is 330 g/mol. The molecule has 0 spiro atoms. The summed E-state index contributed by atoms with van der Waals surface area (Å²) < 4.78 is 11.5. The van der Waals surface area contributed by atoms with Gasteiger partial charge in [0, 0.05) is 31.1 Å². The van der Waals surface area contributed by atoms with Crippen molar-refractivity contribution >= 4 is 17.5 Å². The van der Waals surface area contributed by atoms with Crippen molar-refractivity contribution in [2.45, 2.75) is 12.5 Å². The number of aromatic nitrogens is 2. The molecule has 1 saturated heterocycles. The van der Waals surface area contributed by atoms with Crippen LogP contribution in [0.25, 0.3) is 0 Å². The molecule has 0 N–H and O–H groups in total. The van der Waals surface area contributed by atoms with E-state index in [0.29, 0.717) is 43.6 Å². The molecule has 7 heteroatoms. The lowest BCUT2D eigenvalue weighted by molar-refractivity contribution is -0.138. The number of alkyl halides is 1. The van der Waals surface area contributed by atoms with Gasteiger partial charge in [-0.05, 0) is 18.2 Å². The Labute approximate surface area is 145 Å². The lowest BCUT2D eigenvalue weighted by Gasteiger charge is -2.32. The molecule has 0 saturated carbocycles. The number of ether oxygens (including phenoxy) is 2. The standard InChI is InChI=1S/C17H18ClN3O3/c18-7-6-17(22)21-9-10-23-15(12-21)14-4-1-5-16(20-14)24-13-3-2-8-19-11-13/h1-5,8,11,15H,6-7,9-10,12H2. The molecule has 2 aromatic rings. The van der Waals surface area contributed by atoms with Crippen LogP contribution in [0.1, 0.15) is 18.2 Å². The molecule has 6 nitrogen and oxygen atoms in total. The molecule has 24 heavy (non-hydrogen) atoms. The van der Waals surface area contributed by atoms with Gasteiger partial charge in [0.2, 0.25) is 11.8 Å². The number of rotatable bonds is 5. The summed E-state index contributed by atoms with van der Waals surface area (Å²) in [4.78, 5) is 22.3. The van der Waals surface area contributed by atoms with Crippen LogP contribution >= 0.6 is 11.6 Å². The van der Waals surface area contributed by atoms with Crippen LogP contribution in [0, 0.1) is 0 Å². The second-order valence-corrected chi connectivity index (χ2v) is 5.71. The van der Waals surface area contributed by atoms with Gasteiger partial charge in [0.15, 0.2) is 0 Å². The molecule has 1 amide bonds. The number of carbonyl (C=O) groups excluding carboxylic acids is 1. The molecule has 0 bridgehead atoms. The highest BCUT2D eigenvalue weighted by molar-refractivity contribution is 6.18. The quantitative estimate of drug-likeness (QED) is 0.778. The van der Waals surface area contributed by atoms with Crippen molar-refractivity contribution in [1.82, 2.24) is 14.9 Å². The average molecular weight is 348 g/mol. The predicted octanol–water partition coefficient (Wildman–Crippen LogP) is 2.80. The van der Waals surface area contributed by atoms with Crippen LogP contribution in [0.5, 0.6) is 11.6 Å². The van der Waals surface area contributed by atoms with Crippen LogP contribution in [-0.2, 0) is 9.53 Å². The minimum atomic E-state index is -0.268. The molecule has 1 aliphatic heterocycles. The van der Waals surface area contributed by atoms with E-state index in [2.05, 4.69) is 9.97 Å². The number of morpholine rings is 1. The van der Waals surface area contributed by atoms with Gasteiger partial charge in [0.1, 0.15) is 11.9 Å². The number of pyridine rings is 2. The van der Waals surface area contributed by atoms with Crippen molar-refractivity contribution in [2.75, 3.05) is 25.6 Å². The van der Waals surface area contributed by atoms with Crippen molar-refractivity contribution in [3.8, 4) is 11.6 Å². The molecule has 1 aliphatic rings. The average Bonchev–Trinajstić information content (AvgIpc) is 2.63. The number of hydrogen-bond acceptors (Lipinski definition) is 5. The van der Waals surface area contributed by atoms with Gasteiger partial charge in [-0.2, -0.15) is 0 Å². The van der Waals surface area contributed by atoms with Gasteiger partial charge in [0.25, 0.3) is 0 Å². The first-order chi connectivity index (χ1) is 11.8. The lowest BCUT2D eigenvalue weighted by atomic mass is 10.2. The lowest BCUT2D eigenvalue weighted by Crippen LogP contribution is -2.42. The maximum absolute atomic E-state index is 12.0. The molecule has 126 valence electrons. The number of carbonyl (C=O) groups is 1. The Hall–Kier alpha value is -2.18. The predicted molar refractivity (Wildman–Crippen MR) is 89.2 cm³/mol. The third kappa shape index (κ3) is 4.21. The summed E-state index contributed by atoms with van der Waals surface area (Å²) in [5, 5.41) is 0. The Morgan fingerprint density at radius 2 is 2.29 bits per heavy atom. The van der Waals surface area contributed by atoms with Crippen LogP contribution in [0.4, 0.5) is 0 Å². The molecule has 2 aromatic heterocycles. The van der Waals surface area contributed by atoms with E-state index < -0.39 is 0 Å². The minimum absolute atomic E-state index is 0.0427. The topological polar surface area (TPSA) is 64.6 Å². The van der Waals surface area contributed by atoms with Crippen molar-refractivity contribution in [2.24, 2.45) is 0 Å². The van der Waals surface area contributed by atoms with Gasteiger partial charge >= 0.3 is 0 Å². The summed E-state index contributed by atoms with van der Waals surface area (Å²) in [5.41, 5.74) is 0.736. The summed E-state index contributed by atoms with van der Waals surface area (Å²) in [6.07, 6.45) is 3.37. The first-order valence-electron chi connectivity index (χ1n) is 7.76. The van der Waals surface area contributed by atoms with E-state index in [0.717, 1.165) is 5.69 Å². The van der Waals surface area contributed by atoms with Gasteiger partial charge in [0.05, 0.1) is 25.0 Å². The van der Waals surface area contributed by atoms with Gasteiger partial charge in [-0.25, -0.2) is 4.98 Å². The number of halogens is 1. The third-order valence-electron chi connectivity index (χ3n) is 3.66. The highest BCUT2D eigenvalue weighted by atomic mass is 35.5. The fourth-order valence-corrected chi connectivity index (χ4v) is 2.65. The van der Waals surface area contributed by atoms with E-state index in [4.69, 9.17) is 21.1 Å². The molecule has 3 heterocycles. The third-order valence-corrected chi connectivity index (χ3v) is 3.85. The molecule has 0 aromatic carbocycles. The summed E-state index contributed by atoms with van der Waals surface area (Å²) >= 11 is 5.65. The van der Waals surface area contributed by atoms with Crippen LogP contribution in [0.2, 0.25) is 0 Å². The summed E-state index contributed by atoms with van der Waals surface area (Å²) in [6, 6.07) is 9.11. The summed E-state index contributed by atoms with van der Waals surface area (Å²) in [7, 11) is 0. The fourth-order valence-electron chi connectivity index (χ4n) is 2.49.